The smallest absolute Gasteiger partial charge is 0.196 e. The van der Waals surface area contributed by atoms with Gasteiger partial charge in [0.2, 0.25) is 0 Å². The summed E-state index contributed by atoms with van der Waals surface area (Å²) >= 11 is 1.61. The fourth-order valence-electron chi connectivity index (χ4n) is 4.98. The standard InChI is InChI=1S/C25H26N2OS/c1-2-6-16-9-10-20-18(11-16)12-19-14-27(13-17-7-4-3-5-8-17)15-21-22(19)23(24(20)28)25(26)29-21/h3-5,7-11,19H,2,6,12-15,26H2,1H3. The van der Waals surface area contributed by atoms with E-state index < -0.39 is 0 Å². The number of thiophene rings is 1. The third-order valence-corrected chi connectivity index (χ3v) is 7.22. The first-order valence-electron chi connectivity index (χ1n) is 10.5. The van der Waals surface area contributed by atoms with Crippen molar-refractivity contribution >= 4 is 22.1 Å². The molecule has 0 saturated heterocycles. The first-order valence-corrected chi connectivity index (χ1v) is 11.3. The van der Waals surface area contributed by atoms with Gasteiger partial charge < -0.3 is 5.73 Å². The van der Waals surface area contributed by atoms with E-state index in [1.807, 2.05) is 6.07 Å². The molecule has 0 radical (unpaired) electrons. The first-order chi connectivity index (χ1) is 14.1. The third-order valence-electron chi connectivity index (χ3n) is 6.20. The van der Waals surface area contributed by atoms with Crippen molar-refractivity contribution in [3.8, 4) is 0 Å². The molecule has 2 N–H and O–H groups in total. The van der Waals surface area contributed by atoms with Crippen LogP contribution in [0, 0.1) is 0 Å². The Morgan fingerprint density at radius 1 is 1.14 bits per heavy atom. The van der Waals surface area contributed by atoms with Crippen LogP contribution in [0.15, 0.2) is 48.5 Å². The van der Waals surface area contributed by atoms with E-state index in [4.69, 9.17) is 5.73 Å². The SMILES string of the molecule is CCCc1ccc2c(c1)CC1CN(Cc3ccccc3)Cc3sc(N)c(c31)C2=O. The Balaban J connectivity index is 1.54. The average molecular weight is 403 g/mol. The molecule has 0 amide bonds. The van der Waals surface area contributed by atoms with E-state index in [0.717, 1.165) is 50.0 Å². The molecule has 4 heteroatoms. The van der Waals surface area contributed by atoms with Gasteiger partial charge >= 0.3 is 0 Å². The predicted molar refractivity (Wildman–Crippen MR) is 120 cm³/mol. The van der Waals surface area contributed by atoms with Crippen molar-refractivity contribution in [1.29, 1.82) is 0 Å². The minimum atomic E-state index is 0.122. The molecule has 0 saturated carbocycles. The van der Waals surface area contributed by atoms with Gasteiger partial charge in [-0.25, -0.2) is 0 Å². The summed E-state index contributed by atoms with van der Waals surface area (Å²) in [5, 5.41) is 0.692. The summed E-state index contributed by atoms with van der Waals surface area (Å²) < 4.78 is 0. The molecule has 3 aromatic rings. The highest BCUT2D eigenvalue weighted by Crippen LogP contribution is 2.45. The Labute approximate surface area is 176 Å². The number of hydrogen-bond acceptors (Lipinski definition) is 4. The first kappa shape index (κ1) is 18.6. The number of aryl methyl sites for hydroxylation is 1. The van der Waals surface area contributed by atoms with E-state index in [2.05, 4.69) is 54.3 Å². The lowest BCUT2D eigenvalue weighted by atomic mass is 9.88. The van der Waals surface area contributed by atoms with Crippen LogP contribution >= 0.6 is 11.3 Å². The number of nitrogen functional groups attached to an aromatic ring is 1. The van der Waals surface area contributed by atoms with Crippen LogP contribution in [0.25, 0.3) is 0 Å². The second-order valence-corrected chi connectivity index (χ2v) is 9.44. The lowest BCUT2D eigenvalue weighted by Gasteiger charge is -2.33. The van der Waals surface area contributed by atoms with Crippen LogP contribution in [0.2, 0.25) is 0 Å². The second kappa shape index (κ2) is 7.43. The fourth-order valence-corrected chi connectivity index (χ4v) is 6.17. The van der Waals surface area contributed by atoms with Crippen LogP contribution < -0.4 is 5.73 Å². The van der Waals surface area contributed by atoms with Crippen molar-refractivity contribution in [2.45, 2.75) is 45.2 Å². The minimum absolute atomic E-state index is 0.122. The molecule has 2 aliphatic rings. The molecule has 1 unspecified atom stereocenters. The zero-order chi connectivity index (χ0) is 20.0. The number of nitrogens with two attached hydrogens (primary N) is 1. The van der Waals surface area contributed by atoms with Gasteiger partial charge in [0.1, 0.15) is 0 Å². The molecule has 1 aromatic heterocycles. The number of rotatable bonds is 4. The van der Waals surface area contributed by atoms with Gasteiger partial charge in [0.05, 0.1) is 10.6 Å². The number of carbonyl (C=O) groups is 1. The van der Waals surface area contributed by atoms with Crippen LogP contribution in [0.1, 0.15) is 62.3 Å². The summed E-state index contributed by atoms with van der Waals surface area (Å²) in [5.74, 6) is 0.449. The summed E-state index contributed by atoms with van der Waals surface area (Å²) in [6.07, 6.45) is 3.09. The Morgan fingerprint density at radius 2 is 1.97 bits per heavy atom. The van der Waals surface area contributed by atoms with Crippen LogP contribution in [0.4, 0.5) is 5.00 Å². The van der Waals surface area contributed by atoms with Crippen molar-refractivity contribution in [1.82, 2.24) is 4.90 Å². The molecule has 2 aromatic carbocycles. The number of hydrogen-bond donors (Lipinski definition) is 1. The van der Waals surface area contributed by atoms with Gasteiger partial charge in [-0.1, -0.05) is 61.9 Å². The minimum Gasteiger partial charge on any atom is -0.390 e. The Kier molecular flexibility index (Phi) is 4.76. The van der Waals surface area contributed by atoms with Gasteiger partial charge in [0.15, 0.2) is 5.78 Å². The van der Waals surface area contributed by atoms with E-state index >= 15 is 0 Å². The van der Waals surface area contributed by atoms with Crippen LogP contribution in [0.3, 0.4) is 0 Å². The zero-order valence-corrected chi connectivity index (χ0v) is 17.6. The number of nitrogens with zero attached hydrogens (tertiary/aromatic N) is 1. The van der Waals surface area contributed by atoms with E-state index in [1.165, 1.54) is 27.1 Å². The second-order valence-electron chi connectivity index (χ2n) is 8.31. The molecule has 2 heterocycles. The third kappa shape index (κ3) is 3.30. The van der Waals surface area contributed by atoms with Crippen molar-refractivity contribution < 1.29 is 4.79 Å². The van der Waals surface area contributed by atoms with Crippen LogP contribution in [0.5, 0.6) is 0 Å². The largest absolute Gasteiger partial charge is 0.390 e. The molecule has 29 heavy (non-hydrogen) atoms. The van der Waals surface area contributed by atoms with E-state index in [0.29, 0.717) is 10.9 Å². The summed E-state index contributed by atoms with van der Waals surface area (Å²) in [7, 11) is 0. The number of benzene rings is 2. The average Bonchev–Trinajstić information content (AvgIpc) is 2.98. The van der Waals surface area contributed by atoms with Gasteiger partial charge in [0, 0.05) is 36.0 Å². The quantitative estimate of drug-likeness (QED) is 0.655. The zero-order valence-electron chi connectivity index (χ0n) is 16.8. The summed E-state index contributed by atoms with van der Waals surface area (Å²) in [6.45, 7) is 4.97. The number of ketones is 1. The van der Waals surface area contributed by atoms with Crippen molar-refractivity contribution in [3.05, 3.63) is 86.8 Å². The molecule has 1 aliphatic carbocycles. The van der Waals surface area contributed by atoms with E-state index in [9.17, 15) is 4.79 Å². The molecular formula is C25H26N2OS. The monoisotopic (exact) mass is 402 g/mol. The van der Waals surface area contributed by atoms with Crippen molar-refractivity contribution in [3.63, 3.8) is 0 Å². The maximum absolute atomic E-state index is 13.4. The normalized spacial score (nSPS) is 18.2. The maximum Gasteiger partial charge on any atom is 0.196 e. The highest BCUT2D eigenvalue weighted by Gasteiger charge is 2.37. The highest BCUT2D eigenvalue weighted by atomic mass is 32.1. The fraction of sp³-hybridized carbons (Fsp3) is 0.320. The summed E-state index contributed by atoms with van der Waals surface area (Å²) in [6, 6.07) is 17.0. The number of fused-ring (bicyclic) bond motifs is 1. The Morgan fingerprint density at radius 3 is 2.76 bits per heavy atom. The Bertz CT molecular complexity index is 1070. The molecule has 5 rings (SSSR count). The van der Waals surface area contributed by atoms with E-state index in [1.54, 1.807) is 11.3 Å². The van der Waals surface area contributed by atoms with E-state index in [-0.39, 0.29) is 5.78 Å². The molecule has 1 aliphatic heterocycles. The van der Waals surface area contributed by atoms with Crippen molar-refractivity contribution in [2.75, 3.05) is 12.3 Å². The molecule has 1 atom stereocenters. The van der Waals surface area contributed by atoms with Gasteiger partial charge in [-0.2, -0.15) is 0 Å². The predicted octanol–water partition coefficient (Wildman–Crippen LogP) is 5.17. The van der Waals surface area contributed by atoms with Gasteiger partial charge in [-0.15, -0.1) is 11.3 Å². The van der Waals surface area contributed by atoms with Gasteiger partial charge in [-0.05, 0) is 35.1 Å². The summed E-state index contributed by atoms with van der Waals surface area (Å²) in [5.41, 5.74) is 13.1. The lowest BCUT2D eigenvalue weighted by Crippen LogP contribution is -2.33. The Hall–Kier alpha value is -2.43. The molecule has 0 fully saturated rings. The maximum atomic E-state index is 13.4. The molecular weight excluding hydrogens is 376 g/mol. The molecule has 0 bridgehead atoms. The molecule has 0 spiro atoms. The van der Waals surface area contributed by atoms with Gasteiger partial charge in [0.25, 0.3) is 0 Å². The topological polar surface area (TPSA) is 46.3 Å². The van der Waals surface area contributed by atoms with Crippen molar-refractivity contribution in [2.24, 2.45) is 0 Å². The van der Waals surface area contributed by atoms with Crippen LogP contribution in [-0.4, -0.2) is 17.2 Å². The molecule has 148 valence electrons. The van der Waals surface area contributed by atoms with Crippen LogP contribution in [-0.2, 0) is 25.9 Å². The molecule has 3 nitrogen and oxygen atoms in total. The number of carbonyl (C=O) groups excluding carboxylic acids is 1. The lowest BCUT2D eigenvalue weighted by molar-refractivity contribution is 0.103. The summed E-state index contributed by atoms with van der Waals surface area (Å²) in [4.78, 5) is 17.2. The highest BCUT2D eigenvalue weighted by molar-refractivity contribution is 7.16. The van der Waals surface area contributed by atoms with Gasteiger partial charge in [-0.3, -0.25) is 9.69 Å². The number of anilines is 1.